The number of rotatable bonds is 8. The number of nitrogens with one attached hydrogen (secondary N) is 1. The predicted octanol–water partition coefficient (Wildman–Crippen LogP) is 3.60. The topological polar surface area (TPSA) is 156 Å². The first-order chi connectivity index (χ1) is 22.3. The van der Waals surface area contributed by atoms with Gasteiger partial charge in [-0.15, -0.1) is 6.58 Å². The van der Waals surface area contributed by atoms with Crippen molar-refractivity contribution < 1.29 is 52.4 Å². The average Bonchev–Trinajstić information content (AvgIpc) is 3.33. The van der Waals surface area contributed by atoms with Gasteiger partial charge in [0.1, 0.15) is 17.8 Å². The van der Waals surface area contributed by atoms with E-state index in [2.05, 4.69) is 11.9 Å². The minimum Gasteiger partial charge on any atom is -0.458 e. The highest BCUT2D eigenvalue weighted by molar-refractivity contribution is 6.00. The van der Waals surface area contributed by atoms with Gasteiger partial charge < -0.3 is 38.6 Å². The largest absolute Gasteiger partial charge is 0.458 e. The molecule has 0 aromatic carbocycles. The van der Waals surface area contributed by atoms with E-state index in [9.17, 15) is 24.0 Å². The Morgan fingerprint density at radius 2 is 1.71 bits per heavy atom. The number of alkyl carbamates (subject to hydrolysis) is 1. The number of Topliss-reactive ketones (excluding diaryl/α,β-unsaturated/α-hetero) is 2. The number of fused-ring (bicyclic) bond motifs is 1. The second kappa shape index (κ2) is 15.8. The van der Waals surface area contributed by atoms with Crippen LogP contribution in [0.5, 0.6) is 0 Å². The second-order valence-electron chi connectivity index (χ2n) is 14.4. The summed E-state index contributed by atoms with van der Waals surface area (Å²) in [5.74, 6) is -5.63. The highest BCUT2D eigenvalue weighted by atomic mass is 16.7. The molecule has 13 atom stereocenters. The molecule has 13 heteroatoms. The summed E-state index contributed by atoms with van der Waals surface area (Å²) in [7, 11) is 3.74. The lowest BCUT2D eigenvalue weighted by molar-refractivity contribution is -0.299. The molecule has 0 spiro atoms. The van der Waals surface area contributed by atoms with E-state index in [1.807, 2.05) is 25.9 Å². The standard InChI is InChI=1S/C35H56N2O11/c1-13-15-43-34(9)17-18(3)26(39)20(5)29-35(10,48-33(42)36-29)25(14-2)46-31(41)22(7)27(40)21(6)30(34)47-32-28(45-23(8)38)24(37(11)12)16-19(4)44-32/h13,18-22,24-25,28-30,32H,1,14-17H2,2-12H3,(H,36,42)/t18-,19-,20+,21+,22-,24+,25-,28-,29-,30-,32+,34+,35-/m1/s1. The van der Waals surface area contributed by atoms with Gasteiger partial charge in [0.05, 0.1) is 36.5 Å². The number of cyclic esters (lactones) is 1. The molecule has 3 fully saturated rings. The quantitative estimate of drug-likeness (QED) is 0.172. The highest BCUT2D eigenvalue weighted by Gasteiger charge is 2.57. The van der Waals surface area contributed by atoms with Gasteiger partial charge in [0.15, 0.2) is 23.8 Å². The van der Waals surface area contributed by atoms with E-state index in [4.69, 9.17) is 28.4 Å². The lowest BCUT2D eigenvalue weighted by Crippen LogP contribution is -2.61. The van der Waals surface area contributed by atoms with Crippen molar-refractivity contribution in [1.29, 1.82) is 0 Å². The first-order valence-electron chi connectivity index (χ1n) is 17.0. The van der Waals surface area contributed by atoms with Gasteiger partial charge in [0.2, 0.25) is 0 Å². The molecular weight excluding hydrogens is 624 g/mol. The molecule has 0 aromatic rings. The van der Waals surface area contributed by atoms with Crippen LogP contribution in [0.25, 0.3) is 0 Å². The van der Waals surface area contributed by atoms with Crippen LogP contribution in [0.15, 0.2) is 12.7 Å². The Morgan fingerprint density at radius 3 is 2.27 bits per heavy atom. The summed E-state index contributed by atoms with van der Waals surface area (Å²) < 4.78 is 36.8. The van der Waals surface area contributed by atoms with Gasteiger partial charge in [-0.2, -0.15) is 0 Å². The van der Waals surface area contributed by atoms with Gasteiger partial charge in [-0.25, -0.2) is 4.79 Å². The second-order valence-corrected chi connectivity index (χ2v) is 14.4. The van der Waals surface area contributed by atoms with Crippen molar-refractivity contribution in [1.82, 2.24) is 10.2 Å². The van der Waals surface area contributed by atoms with Crippen LogP contribution in [0.2, 0.25) is 0 Å². The molecule has 0 aliphatic carbocycles. The molecule has 3 saturated heterocycles. The fourth-order valence-corrected chi connectivity index (χ4v) is 7.68. The number of hydrogen-bond donors (Lipinski definition) is 1. The summed E-state index contributed by atoms with van der Waals surface area (Å²) >= 11 is 0. The lowest BCUT2D eigenvalue weighted by Gasteiger charge is -2.48. The summed E-state index contributed by atoms with van der Waals surface area (Å²) in [4.78, 5) is 68.9. The van der Waals surface area contributed by atoms with E-state index in [0.717, 1.165) is 0 Å². The molecule has 3 rings (SSSR count). The number of carbonyl (C=O) groups is 5. The van der Waals surface area contributed by atoms with Crippen LogP contribution in [-0.4, -0.2) is 109 Å². The number of hydrogen-bond acceptors (Lipinski definition) is 12. The SMILES string of the molecule is C=CCO[C@@]1(C)C[C@@H](C)C(=O)[C@H](C)[C@H]2NC(=O)O[C@]2(C)[C@@H](CC)OC(=O)[C@H](C)C(=O)[C@H](C)[C@H]1O[C@@H]1O[C@H](C)C[C@H](N(C)C)[C@H]1OC(C)=O. The van der Waals surface area contributed by atoms with E-state index in [1.54, 1.807) is 47.6 Å². The number of ketones is 2. The maximum Gasteiger partial charge on any atom is 0.408 e. The monoisotopic (exact) mass is 680 g/mol. The number of esters is 2. The van der Waals surface area contributed by atoms with E-state index in [1.165, 1.54) is 13.8 Å². The number of ether oxygens (including phenoxy) is 6. The Balaban J connectivity index is 2.18. The maximum atomic E-state index is 14.2. The number of nitrogens with zero attached hydrogens (tertiary/aromatic N) is 1. The number of carbonyl (C=O) groups excluding carboxylic acids is 5. The molecule has 0 unspecified atom stereocenters. The molecule has 3 aliphatic heterocycles. The van der Waals surface area contributed by atoms with Crippen LogP contribution in [-0.2, 0) is 47.6 Å². The summed E-state index contributed by atoms with van der Waals surface area (Å²) in [5, 5.41) is 2.77. The van der Waals surface area contributed by atoms with Gasteiger partial charge >= 0.3 is 18.0 Å². The molecule has 0 bridgehead atoms. The zero-order chi connectivity index (χ0) is 36.3. The average molecular weight is 681 g/mol. The number of likely N-dealkylation sites (N-methyl/N-ethyl adjacent to an activating group) is 1. The van der Waals surface area contributed by atoms with E-state index >= 15 is 0 Å². The Hall–Kier alpha value is -2.87. The lowest BCUT2D eigenvalue weighted by atomic mass is 9.73. The van der Waals surface area contributed by atoms with Crippen LogP contribution >= 0.6 is 0 Å². The van der Waals surface area contributed by atoms with Crippen molar-refractivity contribution in [3.8, 4) is 0 Å². The van der Waals surface area contributed by atoms with Crippen molar-refractivity contribution in [2.45, 2.75) is 136 Å². The highest BCUT2D eigenvalue weighted by Crippen LogP contribution is 2.40. The van der Waals surface area contributed by atoms with Gasteiger partial charge in [-0.1, -0.05) is 33.8 Å². The third-order valence-corrected chi connectivity index (χ3v) is 10.3. The van der Waals surface area contributed by atoms with Crippen molar-refractivity contribution >= 4 is 29.6 Å². The third kappa shape index (κ3) is 8.28. The predicted molar refractivity (Wildman–Crippen MR) is 175 cm³/mol. The van der Waals surface area contributed by atoms with Crippen LogP contribution in [0.1, 0.15) is 81.6 Å². The Labute approximate surface area is 284 Å². The molecule has 3 aliphatic rings. The van der Waals surface area contributed by atoms with Crippen LogP contribution in [0.4, 0.5) is 4.79 Å². The summed E-state index contributed by atoms with van der Waals surface area (Å²) in [6.07, 6.45) is -2.55. The number of amides is 1. The van der Waals surface area contributed by atoms with Crippen molar-refractivity contribution in [3.63, 3.8) is 0 Å². The van der Waals surface area contributed by atoms with Crippen molar-refractivity contribution in [3.05, 3.63) is 12.7 Å². The molecule has 272 valence electrons. The molecule has 0 saturated carbocycles. The van der Waals surface area contributed by atoms with E-state index < -0.39 is 89.3 Å². The molecule has 13 nitrogen and oxygen atoms in total. The summed E-state index contributed by atoms with van der Waals surface area (Å²) in [5.41, 5.74) is -2.69. The van der Waals surface area contributed by atoms with Crippen molar-refractivity contribution in [2.24, 2.45) is 23.7 Å². The fourth-order valence-electron chi connectivity index (χ4n) is 7.68. The molecule has 0 aromatic heterocycles. The first kappa shape index (κ1) is 39.6. The molecular formula is C35H56N2O11. The smallest absolute Gasteiger partial charge is 0.408 e. The van der Waals surface area contributed by atoms with E-state index in [-0.39, 0.29) is 37.4 Å². The summed E-state index contributed by atoms with van der Waals surface area (Å²) in [6.45, 7) is 18.8. The molecule has 1 amide bonds. The van der Waals surface area contributed by atoms with Gasteiger partial charge in [0, 0.05) is 24.7 Å². The molecule has 0 radical (unpaired) electrons. The zero-order valence-corrected chi connectivity index (χ0v) is 30.4. The molecule has 3 heterocycles. The normalized spacial score (nSPS) is 41.5. The van der Waals surface area contributed by atoms with Gasteiger partial charge in [-0.3, -0.25) is 19.2 Å². The molecule has 48 heavy (non-hydrogen) atoms. The van der Waals surface area contributed by atoms with Gasteiger partial charge in [0.25, 0.3) is 0 Å². The minimum absolute atomic E-state index is 0.0593. The van der Waals surface area contributed by atoms with Gasteiger partial charge in [-0.05, 0) is 61.1 Å². The van der Waals surface area contributed by atoms with E-state index in [0.29, 0.717) is 6.42 Å². The molecule has 1 N–H and O–H groups in total. The van der Waals surface area contributed by atoms with Crippen LogP contribution in [0.3, 0.4) is 0 Å². The van der Waals surface area contributed by atoms with Crippen LogP contribution in [0, 0.1) is 23.7 Å². The maximum absolute atomic E-state index is 14.2. The first-order valence-corrected chi connectivity index (χ1v) is 17.0. The third-order valence-electron chi connectivity index (χ3n) is 10.3. The fraction of sp³-hybridized carbons (Fsp3) is 0.800. The van der Waals surface area contributed by atoms with Crippen molar-refractivity contribution in [2.75, 3.05) is 20.7 Å². The van der Waals surface area contributed by atoms with Crippen LogP contribution < -0.4 is 5.32 Å². The Morgan fingerprint density at radius 1 is 1.06 bits per heavy atom. The minimum atomic E-state index is -1.37. The Kier molecular flexibility index (Phi) is 13.0. The zero-order valence-electron chi connectivity index (χ0n) is 30.4. The Bertz CT molecular complexity index is 1220. The summed E-state index contributed by atoms with van der Waals surface area (Å²) in [6, 6.07) is -1.09.